The molecule has 1 aliphatic rings. The minimum atomic E-state index is -3.36. The third-order valence-electron chi connectivity index (χ3n) is 3.36. The zero-order chi connectivity index (χ0) is 13.5. The largest absolute Gasteiger partial charge is 0.383 e. The number of piperidine rings is 1. The molecule has 0 radical (unpaired) electrons. The maximum atomic E-state index is 11.9. The van der Waals surface area contributed by atoms with Crippen LogP contribution in [0, 0.1) is 5.92 Å². The zero-order valence-electron chi connectivity index (χ0n) is 11.0. The van der Waals surface area contributed by atoms with E-state index in [1.807, 2.05) is 4.90 Å². The number of aromatic nitrogens is 2. The molecule has 102 valence electrons. The third-order valence-corrected chi connectivity index (χ3v) is 4.49. The molecule has 1 atom stereocenters. The van der Waals surface area contributed by atoms with Gasteiger partial charge < -0.3 is 10.6 Å². The molecule has 2 rings (SSSR count). The standard InChI is InChI=1S/C11H20N4O2S/c1-8-5-4-6-15(7-8)11-9(18(3,16)17)10(12)14(2)13-11/h8H,4-7,12H2,1-3H3. The minimum absolute atomic E-state index is 0.166. The Hall–Kier alpha value is -1.24. The van der Waals surface area contributed by atoms with Gasteiger partial charge in [0.15, 0.2) is 20.6 Å². The number of hydrogen-bond donors (Lipinski definition) is 1. The number of sulfone groups is 1. The summed E-state index contributed by atoms with van der Waals surface area (Å²) >= 11 is 0. The Bertz CT molecular complexity index is 550. The van der Waals surface area contributed by atoms with Crippen molar-refractivity contribution >= 4 is 21.5 Å². The van der Waals surface area contributed by atoms with Gasteiger partial charge >= 0.3 is 0 Å². The smallest absolute Gasteiger partial charge is 0.182 e. The summed E-state index contributed by atoms with van der Waals surface area (Å²) in [5, 5.41) is 4.27. The van der Waals surface area contributed by atoms with Crippen LogP contribution in [0.4, 0.5) is 11.6 Å². The molecule has 1 saturated heterocycles. The topological polar surface area (TPSA) is 81.2 Å². The molecule has 1 unspecified atom stereocenters. The highest BCUT2D eigenvalue weighted by Gasteiger charge is 2.28. The summed E-state index contributed by atoms with van der Waals surface area (Å²) in [4.78, 5) is 2.19. The molecule has 1 aromatic rings. The van der Waals surface area contributed by atoms with Gasteiger partial charge in [0.05, 0.1) is 0 Å². The van der Waals surface area contributed by atoms with Crippen molar-refractivity contribution < 1.29 is 8.42 Å². The summed E-state index contributed by atoms with van der Waals surface area (Å²) in [7, 11) is -1.69. The number of nitrogens with two attached hydrogens (primary N) is 1. The molecular formula is C11H20N4O2S. The van der Waals surface area contributed by atoms with Gasteiger partial charge in [-0.25, -0.2) is 13.1 Å². The Morgan fingerprint density at radius 1 is 1.44 bits per heavy atom. The van der Waals surface area contributed by atoms with E-state index in [-0.39, 0.29) is 10.7 Å². The molecule has 1 fully saturated rings. The number of rotatable bonds is 2. The molecule has 18 heavy (non-hydrogen) atoms. The monoisotopic (exact) mass is 272 g/mol. The van der Waals surface area contributed by atoms with Crippen molar-refractivity contribution in [1.82, 2.24) is 9.78 Å². The fourth-order valence-electron chi connectivity index (χ4n) is 2.45. The fraction of sp³-hybridized carbons (Fsp3) is 0.727. The van der Waals surface area contributed by atoms with Crippen LogP contribution in [-0.2, 0) is 16.9 Å². The summed E-state index contributed by atoms with van der Waals surface area (Å²) in [6, 6.07) is 0. The minimum Gasteiger partial charge on any atom is -0.383 e. The van der Waals surface area contributed by atoms with Gasteiger partial charge in [0, 0.05) is 26.4 Å². The first-order valence-corrected chi connectivity index (χ1v) is 7.97. The highest BCUT2D eigenvalue weighted by atomic mass is 32.2. The van der Waals surface area contributed by atoms with Gasteiger partial charge in [0.2, 0.25) is 0 Å². The molecule has 0 saturated carbocycles. The molecule has 1 aromatic heterocycles. The molecule has 0 aliphatic carbocycles. The maximum absolute atomic E-state index is 11.9. The number of nitrogen functional groups attached to an aromatic ring is 1. The molecule has 6 nitrogen and oxygen atoms in total. The first kappa shape index (κ1) is 13.2. The van der Waals surface area contributed by atoms with E-state index < -0.39 is 9.84 Å². The first-order chi connectivity index (χ1) is 8.30. The van der Waals surface area contributed by atoms with Crippen molar-refractivity contribution in [3.05, 3.63) is 0 Å². The van der Waals surface area contributed by atoms with Crippen molar-refractivity contribution in [2.75, 3.05) is 30.0 Å². The molecule has 0 amide bonds. The summed E-state index contributed by atoms with van der Waals surface area (Å²) in [5.41, 5.74) is 5.83. The molecule has 0 bridgehead atoms. The summed E-state index contributed by atoms with van der Waals surface area (Å²) in [6.45, 7) is 3.83. The number of aryl methyl sites for hydroxylation is 1. The summed E-state index contributed by atoms with van der Waals surface area (Å²) < 4.78 is 25.1. The van der Waals surface area contributed by atoms with Crippen LogP contribution in [0.2, 0.25) is 0 Å². The van der Waals surface area contributed by atoms with Gasteiger partial charge in [-0.1, -0.05) is 6.92 Å². The lowest BCUT2D eigenvalue weighted by atomic mass is 10.0. The van der Waals surface area contributed by atoms with E-state index in [0.717, 1.165) is 19.5 Å². The molecule has 0 aromatic carbocycles. The zero-order valence-corrected chi connectivity index (χ0v) is 11.9. The Kier molecular flexibility index (Phi) is 3.27. The number of nitrogens with zero attached hydrogens (tertiary/aromatic N) is 3. The van der Waals surface area contributed by atoms with Gasteiger partial charge in [0.1, 0.15) is 5.82 Å². The quantitative estimate of drug-likeness (QED) is 0.854. The summed E-state index contributed by atoms with van der Waals surface area (Å²) in [6.07, 6.45) is 3.41. The molecule has 1 aliphatic heterocycles. The Balaban J connectivity index is 2.48. The van der Waals surface area contributed by atoms with Crippen LogP contribution < -0.4 is 10.6 Å². The second-order valence-electron chi connectivity index (χ2n) is 5.13. The van der Waals surface area contributed by atoms with Crippen LogP contribution >= 0.6 is 0 Å². The van der Waals surface area contributed by atoms with Crippen LogP contribution in [0.15, 0.2) is 4.90 Å². The van der Waals surface area contributed by atoms with Gasteiger partial charge in [0.25, 0.3) is 0 Å². The second-order valence-corrected chi connectivity index (χ2v) is 7.08. The second kappa shape index (κ2) is 4.46. The highest BCUT2D eigenvalue weighted by Crippen LogP contribution is 2.32. The van der Waals surface area contributed by atoms with Crippen LogP contribution in [-0.4, -0.2) is 37.5 Å². The van der Waals surface area contributed by atoms with E-state index in [2.05, 4.69) is 12.0 Å². The van der Waals surface area contributed by atoms with E-state index >= 15 is 0 Å². The number of anilines is 2. The van der Waals surface area contributed by atoms with E-state index in [1.165, 1.54) is 17.4 Å². The predicted molar refractivity (Wildman–Crippen MR) is 71.3 cm³/mol. The third kappa shape index (κ3) is 2.31. The Morgan fingerprint density at radius 2 is 2.11 bits per heavy atom. The van der Waals surface area contributed by atoms with Gasteiger partial charge in [-0.2, -0.15) is 5.10 Å². The normalized spacial score (nSPS) is 21.3. The van der Waals surface area contributed by atoms with Crippen LogP contribution in [0.3, 0.4) is 0 Å². The van der Waals surface area contributed by atoms with Gasteiger partial charge in [-0.3, -0.25) is 0 Å². The van der Waals surface area contributed by atoms with Crippen molar-refractivity contribution in [2.24, 2.45) is 13.0 Å². The molecule has 0 spiro atoms. The highest BCUT2D eigenvalue weighted by molar-refractivity contribution is 7.91. The van der Waals surface area contributed by atoms with Crippen LogP contribution in [0.1, 0.15) is 19.8 Å². The van der Waals surface area contributed by atoms with Crippen molar-refractivity contribution in [3.63, 3.8) is 0 Å². The van der Waals surface area contributed by atoms with E-state index in [0.29, 0.717) is 11.7 Å². The lowest BCUT2D eigenvalue weighted by Gasteiger charge is -2.31. The van der Waals surface area contributed by atoms with Crippen molar-refractivity contribution in [2.45, 2.75) is 24.7 Å². The van der Waals surface area contributed by atoms with Gasteiger partial charge in [-0.15, -0.1) is 0 Å². The lowest BCUT2D eigenvalue weighted by Crippen LogP contribution is -2.35. The van der Waals surface area contributed by atoms with Crippen molar-refractivity contribution in [1.29, 1.82) is 0 Å². The average molecular weight is 272 g/mol. The first-order valence-electron chi connectivity index (χ1n) is 6.08. The predicted octanol–water partition coefficient (Wildman–Crippen LogP) is 0.642. The SMILES string of the molecule is CC1CCCN(c2nn(C)c(N)c2S(C)(=O)=O)C1. The van der Waals surface area contributed by atoms with Crippen LogP contribution in [0.5, 0.6) is 0 Å². The molecule has 2 heterocycles. The Labute approximate surface area is 108 Å². The Morgan fingerprint density at radius 3 is 2.67 bits per heavy atom. The number of hydrogen-bond acceptors (Lipinski definition) is 5. The summed E-state index contributed by atoms with van der Waals surface area (Å²) in [5.74, 6) is 1.27. The maximum Gasteiger partial charge on any atom is 0.182 e. The molecule has 2 N–H and O–H groups in total. The van der Waals surface area contributed by atoms with Crippen LogP contribution in [0.25, 0.3) is 0 Å². The average Bonchev–Trinajstić information content (AvgIpc) is 2.55. The van der Waals surface area contributed by atoms with Gasteiger partial charge in [-0.05, 0) is 18.8 Å². The van der Waals surface area contributed by atoms with E-state index in [1.54, 1.807) is 7.05 Å². The molecule has 7 heteroatoms. The van der Waals surface area contributed by atoms with E-state index in [4.69, 9.17) is 5.73 Å². The molecular weight excluding hydrogens is 252 g/mol. The van der Waals surface area contributed by atoms with E-state index in [9.17, 15) is 8.42 Å². The lowest BCUT2D eigenvalue weighted by molar-refractivity contribution is 0.442. The fourth-order valence-corrected chi connectivity index (χ4v) is 3.46. The van der Waals surface area contributed by atoms with Crippen molar-refractivity contribution in [3.8, 4) is 0 Å².